The third-order valence-electron chi connectivity index (χ3n) is 2.06. The number of benzene rings is 1. The first-order chi connectivity index (χ1) is 7.69. The summed E-state index contributed by atoms with van der Waals surface area (Å²) in [4.78, 5) is 7.87. The summed E-state index contributed by atoms with van der Waals surface area (Å²) in [5.74, 6) is -0.384. The van der Waals surface area contributed by atoms with Crippen molar-refractivity contribution in [1.82, 2.24) is 9.97 Å². The molecule has 0 spiro atoms. The number of nitrogens with two attached hydrogens (primary N) is 1. The fraction of sp³-hybridized carbons (Fsp3) is 0.0909. The van der Waals surface area contributed by atoms with Gasteiger partial charge in [-0.25, -0.2) is 14.4 Å². The summed E-state index contributed by atoms with van der Waals surface area (Å²) in [7, 11) is 1.48. The molecule has 0 saturated heterocycles. The van der Waals surface area contributed by atoms with Crippen LogP contribution in [0, 0.1) is 5.82 Å². The molecule has 1 heterocycles. The molecule has 0 radical (unpaired) electrons. The highest BCUT2D eigenvalue weighted by molar-refractivity contribution is 5.66. The Morgan fingerprint density at radius 2 is 1.81 bits per heavy atom. The Hall–Kier alpha value is -2.17. The number of ether oxygens (including phenoxy) is 1. The maximum Gasteiger partial charge on any atom is 0.316 e. The van der Waals surface area contributed by atoms with Gasteiger partial charge in [0.25, 0.3) is 0 Å². The molecule has 0 saturated carbocycles. The molecule has 0 atom stereocenters. The number of rotatable bonds is 2. The molecule has 82 valence electrons. The Morgan fingerprint density at radius 1 is 1.12 bits per heavy atom. The predicted molar refractivity (Wildman–Crippen MR) is 58.4 cm³/mol. The summed E-state index contributed by atoms with van der Waals surface area (Å²) >= 11 is 0. The van der Waals surface area contributed by atoms with Crippen molar-refractivity contribution in [3.05, 3.63) is 36.4 Å². The number of hydrogen-bond donors (Lipinski definition) is 1. The van der Waals surface area contributed by atoms with Crippen LogP contribution in [0.2, 0.25) is 0 Å². The Labute approximate surface area is 91.9 Å². The molecule has 0 amide bonds. The number of hydrogen-bond acceptors (Lipinski definition) is 4. The van der Waals surface area contributed by atoms with Crippen LogP contribution < -0.4 is 10.5 Å². The van der Waals surface area contributed by atoms with Crippen LogP contribution in [-0.4, -0.2) is 17.1 Å². The van der Waals surface area contributed by atoms with E-state index in [9.17, 15) is 4.39 Å². The summed E-state index contributed by atoms with van der Waals surface area (Å²) in [6, 6.07) is 4.57. The number of nitrogen functional groups attached to an aromatic ring is 1. The average Bonchev–Trinajstić information content (AvgIpc) is 2.28. The van der Waals surface area contributed by atoms with E-state index in [1.54, 1.807) is 18.5 Å². The number of anilines is 1. The van der Waals surface area contributed by atoms with Gasteiger partial charge in [0, 0.05) is 23.6 Å². The van der Waals surface area contributed by atoms with Crippen molar-refractivity contribution in [3.8, 4) is 17.1 Å². The van der Waals surface area contributed by atoms with Crippen molar-refractivity contribution >= 4 is 5.69 Å². The van der Waals surface area contributed by atoms with Crippen LogP contribution in [0.25, 0.3) is 11.1 Å². The van der Waals surface area contributed by atoms with Crippen molar-refractivity contribution in [2.45, 2.75) is 0 Å². The zero-order valence-electron chi connectivity index (χ0n) is 8.64. The lowest BCUT2D eigenvalue weighted by Crippen LogP contribution is -1.93. The van der Waals surface area contributed by atoms with E-state index >= 15 is 0 Å². The zero-order valence-corrected chi connectivity index (χ0v) is 8.64. The third kappa shape index (κ3) is 2.08. The van der Waals surface area contributed by atoms with Gasteiger partial charge in [0.15, 0.2) is 0 Å². The quantitative estimate of drug-likeness (QED) is 0.783. The second-order valence-electron chi connectivity index (χ2n) is 3.23. The van der Waals surface area contributed by atoms with Crippen LogP contribution in [0.5, 0.6) is 6.01 Å². The van der Waals surface area contributed by atoms with Gasteiger partial charge in [-0.3, -0.25) is 0 Å². The molecule has 0 aliphatic carbocycles. The minimum Gasteiger partial charge on any atom is -0.467 e. The van der Waals surface area contributed by atoms with Crippen molar-refractivity contribution in [1.29, 1.82) is 0 Å². The fourth-order valence-electron chi connectivity index (χ4n) is 1.35. The van der Waals surface area contributed by atoms with Gasteiger partial charge in [-0.1, -0.05) is 0 Å². The Kier molecular flexibility index (Phi) is 2.68. The molecular weight excluding hydrogens is 209 g/mol. The second-order valence-corrected chi connectivity index (χ2v) is 3.23. The molecule has 1 aromatic carbocycles. The van der Waals surface area contributed by atoms with E-state index in [1.807, 2.05) is 0 Å². The normalized spacial score (nSPS) is 10.1. The summed E-state index contributed by atoms with van der Waals surface area (Å²) < 4.78 is 17.9. The molecule has 4 nitrogen and oxygen atoms in total. The molecule has 2 rings (SSSR count). The van der Waals surface area contributed by atoms with Crippen LogP contribution >= 0.6 is 0 Å². The van der Waals surface area contributed by atoms with Gasteiger partial charge < -0.3 is 10.5 Å². The van der Waals surface area contributed by atoms with Crippen molar-refractivity contribution in [2.75, 3.05) is 12.8 Å². The molecule has 0 fully saturated rings. The third-order valence-corrected chi connectivity index (χ3v) is 2.06. The van der Waals surface area contributed by atoms with E-state index in [4.69, 9.17) is 10.5 Å². The summed E-state index contributed by atoms with van der Waals surface area (Å²) in [6.45, 7) is 0. The maximum atomic E-state index is 13.1. The number of nitrogens with zero attached hydrogens (tertiary/aromatic N) is 2. The molecule has 16 heavy (non-hydrogen) atoms. The van der Waals surface area contributed by atoms with Crippen LogP contribution in [0.1, 0.15) is 0 Å². The average molecular weight is 219 g/mol. The predicted octanol–water partition coefficient (Wildman–Crippen LogP) is 1.87. The summed E-state index contributed by atoms with van der Waals surface area (Å²) in [5, 5.41) is 0. The van der Waals surface area contributed by atoms with Gasteiger partial charge in [-0.15, -0.1) is 0 Å². The first-order valence-corrected chi connectivity index (χ1v) is 4.61. The topological polar surface area (TPSA) is 61.0 Å². The molecule has 0 aliphatic rings. The molecular formula is C11H10FN3O. The van der Waals surface area contributed by atoms with Crippen molar-refractivity contribution in [2.24, 2.45) is 0 Å². The van der Waals surface area contributed by atoms with Crippen LogP contribution in [0.3, 0.4) is 0 Å². The largest absolute Gasteiger partial charge is 0.467 e. The van der Waals surface area contributed by atoms with Gasteiger partial charge in [-0.2, -0.15) is 0 Å². The highest BCUT2D eigenvalue weighted by atomic mass is 19.1. The molecule has 5 heteroatoms. The number of halogens is 1. The number of aromatic nitrogens is 2. The molecule has 0 unspecified atom stereocenters. The van der Waals surface area contributed by atoms with Gasteiger partial charge in [0.2, 0.25) is 0 Å². The van der Waals surface area contributed by atoms with Gasteiger partial charge >= 0.3 is 6.01 Å². The molecule has 0 aliphatic heterocycles. The lowest BCUT2D eigenvalue weighted by molar-refractivity contribution is 0.380. The van der Waals surface area contributed by atoms with Crippen LogP contribution in [0.4, 0.5) is 10.1 Å². The maximum absolute atomic E-state index is 13.1. The van der Waals surface area contributed by atoms with E-state index in [-0.39, 0.29) is 11.8 Å². The molecule has 2 N–H and O–H groups in total. The van der Waals surface area contributed by atoms with E-state index in [1.165, 1.54) is 19.2 Å². The first kappa shape index (κ1) is 10.4. The van der Waals surface area contributed by atoms with E-state index in [2.05, 4.69) is 9.97 Å². The zero-order chi connectivity index (χ0) is 11.5. The second kappa shape index (κ2) is 4.14. The Balaban J connectivity index is 2.42. The minimum absolute atomic E-state index is 0.271. The van der Waals surface area contributed by atoms with Crippen molar-refractivity contribution in [3.63, 3.8) is 0 Å². The Morgan fingerprint density at radius 3 is 2.38 bits per heavy atom. The molecule has 1 aromatic heterocycles. The van der Waals surface area contributed by atoms with E-state index in [0.717, 1.165) is 0 Å². The van der Waals surface area contributed by atoms with E-state index < -0.39 is 0 Å². The Bertz CT molecular complexity index is 479. The lowest BCUT2D eigenvalue weighted by Gasteiger charge is -2.03. The smallest absolute Gasteiger partial charge is 0.316 e. The first-order valence-electron chi connectivity index (χ1n) is 4.61. The van der Waals surface area contributed by atoms with Gasteiger partial charge in [0.05, 0.1) is 7.11 Å². The summed E-state index contributed by atoms with van der Waals surface area (Å²) in [5.41, 5.74) is 7.24. The standard InChI is InChI=1S/C11H10FN3O/c1-16-11-14-5-8(6-15-11)7-2-9(12)4-10(13)3-7/h2-6H,13H2,1H3. The number of methoxy groups -OCH3 is 1. The van der Waals surface area contributed by atoms with E-state index in [0.29, 0.717) is 16.8 Å². The van der Waals surface area contributed by atoms with Gasteiger partial charge in [0.1, 0.15) is 5.82 Å². The molecule has 2 aromatic rings. The highest BCUT2D eigenvalue weighted by Gasteiger charge is 2.03. The van der Waals surface area contributed by atoms with Crippen LogP contribution in [0.15, 0.2) is 30.6 Å². The van der Waals surface area contributed by atoms with Crippen LogP contribution in [-0.2, 0) is 0 Å². The monoisotopic (exact) mass is 219 g/mol. The summed E-state index contributed by atoms with van der Waals surface area (Å²) in [6.07, 6.45) is 3.11. The SMILES string of the molecule is COc1ncc(-c2cc(N)cc(F)c2)cn1. The lowest BCUT2D eigenvalue weighted by atomic mass is 10.1. The molecule has 0 bridgehead atoms. The minimum atomic E-state index is -0.384. The van der Waals surface area contributed by atoms with Crippen molar-refractivity contribution < 1.29 is 9.13 Å². The fourth-order valence-corrected chi connectivity index (χ4v) is 1.35. The van der Waals surface area contributed by atoms with Gasteiger partial charge in [-0.05, 0) is 23.8 Å². The highest BCUT2D eigenvalue weighted by Crippen LogP contribution is 2.22.